The van der Waals surface area contributed by atoms with Crippen LogP contribution in [0.15, 0.2) is 0 Å². The Bertz CT molecular complexity index is 194. The number of amides is 1. The average molecular weight is 213 g/mol. The van der Waals surface area contributed by atoms with E-state index in [1.165, 1.54) is 19.3 Å². The summed E-state index contributed by atoms with van der Waals surface area (Å²) in [7, 11) is 0. The fourth-order valence-electron chi connectivity index (χ4n) is 2.03. The van der Waals surface area contributed by atoms with Gasteiger partial charge < -0.3 is 10.1 Å². The lowest BCUT2D eigenvalue weighted by Gasteiger charge is -2.29. The number of ether oxygens (including phenoxy) is 1. The number of alkyl carbamates (subject to hydrolysis) is 1. The molecule has 88 valence electrons. The van der Waals surface area contributed by atoms with Crippen LogP contribution < -0.4 is 5.32 Å². The number of nitrogens with one attached hydrogen (secondary N) is 1. The highest BCUT2D eigenvalue weighted by molar-refractivity contribution is 5.67. The van der Waals surface area contributed by atoms with Gasteiger partial charge in [-0.05, 0) is 25.2 Å². The summed E-state index contributed by atoms with van der Waals surface area (Å²) in [6, 6.07) is 0.327. The highest BCUT2D eigenvalue weighted by Gasteiger charge is 2.22. The highest BCUT2D eigenvalue weighted by Crippen LogP contribution is 2.23. The van der Waals surface area contributed by atoms with Gasteiger partial charge in [-0.3, -0.25) is 0 Å². The van der Waals surface area contributed by atoms with Gasteiger partial charge in [-0.15, -0.1) is 0 Å². The van der Waals surface area contributed by atoms with Crippen molar-refractivity contribution in [3.63, 3.8) is 0 Å². The van der Waals surface area contributed by atoms with Crippen molar-refractivity contribution in [1.82, 2.24) is 5.32 Å². The van der Waals surface area contributed by atoms with E-state index in [4.69, 9.17) is 4.74 Å². The first-order valence-corrected chi connectivity index (χ1v) is 6.17. The molecule has 1 saturated carbocycles. The number of hydrogen-bond acceptors (Lipinski definition) is 2. The second kappa shape index (κ2) is 6.70. The van der Waals surface area contributed by atoms with E-state index in [9.17, 15) is 4.79 Å². The average Bonchev–Trinajstić information content (AvgIpc) is 2.22. The number of hydrogen-bond donors (Lipinski definition) is 1. The third-order valence-electron chi connectivity index (χ3n) is 3.15. The standard InChI is InChI=1S/C12H23NO2/c1-3-4-9-15-12(14)13-11-8-6-5-7-10(11)2/h10-11H,3-9H2,1-2H3,(H,13,14). The van der Waals surface area contributed by atoms with Crippen molar-refractivity contribution in [2.24, 2.45) is 5.92 Å². The maximum atomic E-state index is 11.4. The van der Waals surface area contributed by atoms with E-state index >= 15 is 0 Å². The summed E-state index contributed by atoms with van der Waals surface area (Å²) in [6.45, 7) is 4.84. The maximum Gasteiger partial charge on any atom is 0.407 e. The Hall–Kier alpha value is -0.730. The van der Waals surface area contributed by atoms with E-state index < -0.39 is 0 Å². The van der Waals surface area contributed by atoms with Crippen molar-refractivity contribution in [3.8, 4) is 0 Å². The maximum absolute atomic E-state index is 11.4. The Balaban J connectivity index is 2.18. The smallest absolute Gasteiger partial charge is 0.407 e. The molecule has 0 heterocycles. The topological polar surface area (TPSA) is 38.3 Å². The molecule has 3 heteroatoms. The first-order valence-electron chi connectivity index (χ1n) is 6.17. The molecule has 2 atom stereocenters. The lowest BCUT2D eigenvalue weighted by molar-refractivity contribution is 0.132. The van der Waals surface area contributed by atoms with Crippen LogP contribution >= 0.6 is 0 Å². The van der Waals surface area contributed by atoms with Gasteiger partial charge in [0, 0.05) is 6.04 Å². The molecule has 3 nitrogen and oxygen atoms in total. The summed E-state index contributed by atoms with van der Waals surface area (Å²) in [5.74, 6) is 0.595. The van der Waals surface area contributed by atoms with E-state index in [0.29, 0.717) is 18.6 Å². The molecule has 0 radical (unpaired) electrons. The van der Waals surface area contributed by atoms with Crippen LogP contribution in [-0.4, -0.2) is 18.7 Å². The van der Waals surface area contributed by atoms with Crippen molar-refractivity contribution < 1.29 is 9.53 Å². The van der Waals surface area contributed by atoms with Crippen LogP contribution in [0.3, 0.4) is 0 Å². The Labute approximate surface area is 92.6 Å². The predicted octanol–water partition coefficient (Wildman–Crippen LogP) is 3.09. The van der Waals surface area contributed by atoms with Crippen LogP contribution in [0.25, 0.3) is 0 Å². The lowest BCUT2D eigenvalue weighted by atomic mass is 9.86. The van der Waals surface area contributed by atoms with Gasteiger partial charge in [0.25, 0.3) is 0 Å². The van der Waals surface area contributed by atoms with Crippen molar-refractivity contribution in [2.45, 2.75) is 58.4 Å². The molecule has 1 fully saturated rings. The summed E-state index contributed by atoms with van der Waals surface area (Å²) >= 11 is 0. The van der Waals surface area contributed by atoms with Crippen LogP contribution in [0.5, 0.6) is 0 Å². The number of carbonyl (C=O) groups is 1. The molecule has 1 N–H and O–H groups in total. The van der Waals surface area contributed by atoms with E-state index in [1.54, 1.807) is 0 Å². The van der Waals surface area contributed by atoms with E-state index in [1.807, 2.05) is 0 Å². The van der Waals surface area contributed by atoms with Gasteiger partial charge in [-0.2, -0.15) is 0 Å². The third-order valence-corrected chi connectivity index (χ3v) is 3.15. The Morgan fingerprint density at radius 2 is 2.13 bits per heavy atom. The molecule has 0 aromatic carbocycles. The zero-order chi connectivity index (χ0) is 11.1. The monoisotopic (exact) mass is 213 g/mol. The molecule has 0 aliphatic heterocycles. The van der Waals surface area contributed by atoms with E-state index in [0.717, 1.165) is 19.3 Å². The Morgan fingerprint density at radius 1 is 1.40 bits per heavy atom. The van der Waals surface area contributed by atoms with Crippen LogP contribution in [0.1, 0.15) is 52.4 Å². The van der Waals surface area contributed by atoms with Gasteiger partial charge in [0.15, 0.2) is 0 Å². The van der Waals surface area contributed by atoms with Crippen LogP contribution in [0, 0.1) is 5.92 Å². The fourth-order valence-corrected chi connectivity index (χ4v) is 2.03. The van der Waals surface area contributed by atoms with E-state index in [2.05, 4.69) is 19.2 Å². The zero-order valence-corrected chi connectivity index (χ0v) is 9.92. The molecule has 1 rings (SSSR count). The molecule has 1 aliphatic rings. The summed E-state index contributed by atoms with van der Waals surface area (Å²) in [5.41, 5.74) is 0. The van der Waals surface area contributed by atoms with Crippen molar-refractivity contribution >= 4 is 6.09 Å². The molecule has 1 aliphatic carbocycles. The molecule has 0 bridgehead atoms. The van der Waals surface area contributed by atoms with Crippen LogP contribution in [0.4, 0.5) is 4.79 Å². The van der Waals surface area contributed by atoms with Crippen molar-refractivity contribution in [2.75, 3.05) is 6.61 Å². The second-order valence-electron chi connectivity index (χ2n) is 4.50. The molecular formula is C12H23NO2. The summed E-state index contributed by atoms with van der Waals surface area (Å²) in [6.07, 6.45) is 6.63. The first-order chi connectivity index (χ1) is 7.24. The van der Waals surface area contributed by atoms with Gasteiger partial charge in [-0.1, -0.05) is 33.1 Å². The van der Waals surface area contributed by atoms with Crippen molar-refractivity contribution in [1.29, 1.82) is 0 Å². The first kappa shape index (κ1) is 12.3. The van der Waals surface area contributed by atoms with Crippen molar-refractivity contribution in [3.05, 3.63) is 0 Å². The predicted molar refractivity (Wildman–Crippen MR) is 60.8 cm³/mol. The highest BCUT2D eigenvalue weighted by atomic mass is 16.5. The summed E-state index contributed by atoms with van der Waals surface area (Å²) < 4.78 is 5.08. The fraction of sp³-hybridized carbons (Fsp3) is 0.917. The van der Waals surface area contributed by atoms with E-state index in [-0.39, 0.29) is 6.09 Å². The quantitative estimate of drug-likeness (QED) is 0.729. The third kappa shape index (κ3) is 4.54. The normalized spacial score (nSPS) is 26.0. The lowest BCUT2D eigenvalue weighted by Crippen LogP contribution is -2.41. The van der Waals surface area contributed by atoms with Crippen LogP contribution in [0.2, 0.25) is 0 Å². The van der Waals surface area contributed by atoms with Gasteiger partial charge in [0.1, 0.15) is 0 Å². The summed E-state index contributed by atoms with van der Waals surface area (Å²) in [4.78, 5) is 11.4. The zero-order valence-electron chi connectivity index (χ0n) is 9.92. The minimum atomic E-state index is -0.234. The second-order valence-corrected chi connectivity index (χ2v) is 4.50. The molecule has 0 saturated heterocycles. The SMILES string of the molecule is CCCCOC(=O)NC1CCCCC1C. The number of carbonyl (C=O) groups excluding carboxylic acids is 1. The molecule has 15 heavy (non-hydrogen) atoms. The minimum Gasteiger partial charge on any atom is -0.450 e. The van der Waals surface area contributed by atoms with Crippen LogP contribution in [-0.2, 0) is 4.74 Å². The van der Waals surface area contributed by atoms with Gasteiger partial charge in [-0.25, -0.2) is 4.79 Å². The largest absolute Gasteiger partial charge is 0.450 e. The molecule has 0 aromatic heterocycles. The number of unbranched alkanes of at least 4 members (excludes halogenated alkanes) is 1. The van der Waals surface area contributed by atoms with Gasteiger partial charge in [0.2, 0.25) is 0 Å². The molecule has 0 spiro atoms. The minimum absolute atomic E-state index is 0.234. The molecule has 2 unspecified atom stereocenters. The molecule has 1 amide bonds. The molecular weight excluding hydrogens is 190 g/mol. The summed E-state index contributed by atoms with van der Waals surface area (Å²) in [5, 5.41) is 2.97. The Kier molecular flexibility index (Phi) is 5.51. The number of rotatable bonds is 4. The Morgan fingerprint density at radius 3 is 2.80 bits per heavy atom. The van der Waals surface area contributed by atoms with Gasteiger partial charge >= 0.3 is 6.09 Å². The van der Waals surface area contributed by atoms with Gasteiger partial charge in [0.05, 0.1) is 6.61 Å². The molecule has 0 aromatic rings.